The van der Waals surface area contributed by atoms with E-state index in [4.69, 9.17) is 0 Å². The van der Waals surface area contributed by atoms with Crippen molar-refractivity contribution in [2.45, 2.75) is 38.1 Å². The molecule has 1 aromatic carbocycles. The number of anilines is 1. The van der Waals surface area contributed by atoms with Crippen LogP contribution >= 0.6 is 0 Å². The van der Waals surface area contributed by atoms with E-state index in [0.29, 0.717) is 18.4 Å². The summed E-state index contributed by atoms with van der Waals surface area (Å²) < 4.78 is 0. The zero-order valence-corrected chi connectivity index (χ0v) is 11.7. The topological polar surface area (TPSA) is 32.3 Å². The molecule has 1 aromatic rings. The molecule has 1 N–H and O–H groups in total. The summed E-state index contributed by atoms with van der Waals surface area (Å²) in [6.07, 6.45) is 3.19. The van der Waals surface area contributed by atoms with Crippen LogP contribution in [-0.4, -0.2) is 30.4 Å². The van der Waals surface area contributed by atoms with Gasteiger partial charge in [0, 0.05) is 37.7 Å². The van der Waals surface area contributed by atoms with Gasteiger partial charge < -0.3 is 10.2 Å². The Kier molecular flexibility index (Phi) is 3.21. The molecule has 3 rings (SSSR count). The van der Waals surface area contributed by atoms with Crippen LogP contribution in [-0.2, 0) is 4.79 Å². The average molecular weight is 258 g/mol. The smallest absolute Gasteiger partial charge is 0.223 e. The highest BCUT2D eigenvalue weighted by Crippen LogP contribution is 2.36. The third-order valence-electron chi connectivity index (χ3n) is 4.67. The minimum absolute atomic E-state index is 0.280. The molecule has 0 aromatic heterocycles. The van der Waals surface area contributed by atoms with Gasteiger partial charge in [-0.2, -0.15) is 0 Å². The van der Waals surface area contributed by atoms with Crippen molar-refractivity contribution in [2.75, 3.05) is 18.9 Å². The quantitative estimate of drug-likeness (QED) is 0.900. The van der Waals surface area contributed by atoms with Crippen LogP contribution in [0.2, 0.25) is 0 Å². The lowest BCUT2D eigenvalue weighted by Gasteiger charge is -2.26. The fourth-order valence-electron chi connectivity index (χ4n) is 3.02. The fraction of sp³-hybridized carbons (Fsp3) is 0.562. The Morgan fingerprint density at radius 1 is 1.42 bits per heavy atom. The normalized spacial score (nSPS) is 22.5. The molecule has 1 amide bonds. The number of hydrogen-bond donors (Lipinski definition) is 1. The van der Waals surface area contributed by atoms with Crippen LogP contribution in [0.5, 0.6) is 0 Å². The van der Waals surface area contributed by atoms with Crippen molar-refractivity contribution in [1.29, 1.82) is 0 Å². The summed E-state index contributed by atoms with van der Waals surface area (Å²) in [6.45, 7) is 3.06. The van der Waals surface area contributed by atoms with E-state index in [1.54, 1.807) is 0 Å². The first-order valence-electron chi connectivity index (χ1n) is 7.25. The Morgan fingerprint density at radius 3 is 2.89 bits per heavy atom. The Balaban J connectivity index is 1.64. The van der Waals surface area contributed by atoms with E-state index in [1.807, 2.05) is 18.0 Å². The lowest BCUT2D eigenvalue weighted by atomic mass is 9.97. The molecular formula is C16H22N2O. The van der Waals surface area contributed by atoms with Crippen molar-refractivity contribution in [1.82, 2.24) is 4.90 Å². The van der Waals surface area contributed by atoms with Crippen LogP contribution in [0.4, 0.5) is 5.69 Å². The molecule has 1 aliphatic carbocycles. The van der Waals surface area contributed by atoms with Gasteiger partial charge in [0.1, 0.15) is 0 Å². The third-order valence-corrected chi connectivity index (χ3v) is 4.67. The van der Waals surface area contributed by atoms with Crippen molar-refractivity contribution in [3.8, 4) is 0 Å². The van der Waals surface area contributed by atoms with Gasteiger partial charge in [0.2, 0.25) is 5.91 Å². The Bertz CT molecular complexity index is 481. The van der Waals surface area contributed by atoms with Crippen LogP contribution in [0.15, 0.2) is 24.3 Å². The molecule has 1 saturated carbocycles. The maximum atomic E-state index is 12.4. The fourth-order valence-corrected chi connectivity index (χ4v) is 3.02. The molecule has 2 aliphatic rings. The second-order valence-corrected chi connectivity index (χ2v) is 5.95. The largest absolute Gasteiger partial charge is 0.384 e. The lowest BCUT2D eigenvalue weighted by molar-refractivity contribution is -0.132. The first kappa shape index (κ1) is 12.5. The van der Waals surface area contributed by atoms with Gasteiger partial charge in [-0.25, -0.2) is 0 Å². The Labute approximate surface area is 115 Å². The highest BCUT2D eigenvalue weighted by molar-refractivity contribution is 5.78. The second kappa shape index (κ2) is 4.87. The van der Waals surface area contributed by atoms with Gasteiger partial charge in [-0.05, 0) is 37.3 Å². The molecule has 1 fully saturated rings. The predicted octanol–water partition coefficient (Wildman–Crippen LogP) is 2.84. The standard InChI is InChI=1S/C16H22N2O/c1-11(12-7-8-12)18(2)16(19)9-13-10-17-15-6-4-3-5-14(13)15/h3-6,11-13,17H,7-10H2,1-2H3. The molecule has 2 unspecified atom stereocenters. The Hall–Kier alpha value is -1.51. The zero-order valence-electron chi connectivity index (χ0n) is 11.7. The molecule has 1 heterocycles. The number of fused-ring (bicyclic) bond motifs is 1. The van der Waals surface area contributed by atoms with Crippen molar-refractivity contribution in [3.63, 3.8) is 0 Å². The van der Waals surface area contributed by atoms with E-state index in [2.05, 4.69) is 30.4 Å². The van der Waals surface area contributed by atoms with E-state index < -0.39 is 0 Å². The Morgan fingerprint density at radius 2 is 2.16 bits per heavy atom. The number of hydrogen-bond acceptors (Lipinski definition) is 2. The maximum Gasteiger partial charge on any atom is 0.223 e. The molecule has 0 spiro atoms. The zero-order chi connectivity index (χ0) is 13.4. The summed E-state index contributed by atoms with van der Waals surface area (Å²) in [5.41, 5.74) is 2.49. The van der Waals surface area contributed by atoms with Gasteiger partial charge in [0.25, 0.3) is 0 Å². The SMILES string of the molecule is CC(C1CC1)N(C)C(=O)CC1CNc2ccccc21. The molecular weight excluding hydrogens is 236 g/mol. The lowest BCUT2D eigenvalue weighted by Crippen LogP contribution is -2.37. The van der Waals surface area contributed by atoms with Crippen LogP contribution in [0, 0.1) is 5.92 Å². The third kappa shape index (κ3) is 2.46. The number of rotatable bonds is 4. The summed E-state index contributed by atoms with van der Waals surface area (Å²) in [7, 11) is 1.96. The van der Waals surface area contributed by atoms with E-state index in [9.17, 15) is 4.79 Å². The van der Waals surface area contributed by atoms with E-state index in [-0.39, 0.29) is 5.91 Å². The molecule has 2 atom stereocenters. The highest BCUT2D eigenvalue weighted by Gasteiger charge is 2.33. The van der Waals surface area contributed by atoms with Crippen molar-refractivity contribution >= 4 is 11.6 Å². The maximum absolute atomic E-state index is 12.4. The molecule has 3 nitrogen and oxygen atoms in total. The first-order valence-corrected chi connectivity index (χ1v) is 7.25. The number of carbonyl (C=O) groups is 1. The van der Waals surface area contributed by atoms with Gasteiger partial charge in [-0.15, -0.1) is 0 Å². The number of carbonyl (C=O) groups excluding carboxylic acids is 1. The van der Waals surface area contributed by atoms with Gasteiger partial charge in [-0.1, -0.05) is 18.2 Å². The van der Waals surface area contributed by atoms with E-state index >= 15 is 0 Å². The number of para-hydroxylation sites is 1. The minimum Gasteiger partial charge on any atom is -0.384 e. The van der Waals surface area contributed by atoms with Gasteiger partial charge in [-0.3, -0.25) is 4.79 Å². The van der Waals surface area contributed by atoms with Crippen LogP contribution < -0.4 is 5.32 Å². The van der Waals surface area contributed by atoms with Crippen molar-refractivity contribution in [2.24, 2.45) is 5.92 Å². The first-order chi connectivity index (χ1) is 9.16. The highest BCUT2D eigenvalue weighted by atomic mass is 16.2. The summed E-state index contributed by atoms with van der Waals surface area (Å²) in [4.78, 5) is 14.3. The van der Waals surface area contributed by atoms with Gasteiger partial charge in [0.05, 0.1) is 0 Å². The van der Waals surface area contributed by atoms with E-state index in [0.717, 1.165) is 12.5 Å². The van der Waals surface area contributed by atoms with E-state index in [1.165, 1.54) is 24.1 Å². The molecule has 102 valence electrons. The predicted molar refractivity (Wildman–Crippen MR) is 77.2 cm³/mol. The second-order valence-electron chi connectivity index (χ2n) is 5.95. The molecule has 1 aliphatic heterocycles. The van der Waals surface area contributed by atoms with Crippen molar-refractivity contribution < 1.29 is 4.79 Å². The van der Waals surface area contributed by atoms with Crippen molar-refractivity contribution in [3.05, 3.63) is 29.8 Å². The monoisotopic (exact) mass is 258 g/mol. The van der Waals surface area contributed by atoms with Gasteiger partial charge in [0.15, 0.2) is 0 Å². The molecule has 0 bridgehead atoms. The van der Waals surface area contributed by atoms with Crippen LogP contribution in [0.3, 0.4) is 0 Å². The number of benzene rings is 1. The molecule has 19 heavy (non-hydrogen) atoms. The number of amides is 1. The molecule has 0 radical (unpaired) electrons. The molecule has 0 saturated heterocycles. The van der Waals surface area contributed by atoms with Crippen LogP contribution in [0.25, 0.3) is 0 Å². The minimum atomic E-state index is 0.280. The average Bonchev–Trinajstić information content (AvgIpc) is 3.20. The number of nitrogens with zero attached hydrogens (tertiary/aromatic N) is 1. The van der Waals surface area contributed by atoms with Gasteiger partial charge >= 0.3 is 0 Å². The summed E-state index contributed by atoms with van der Waals surface area (Å²) >= 11 is 0. The summed E-state index contributed by atoms with van der Waals surface area (Å²) in [5.74, 6) is 1.35. The van der Waals surface area contributed by atoms with Crippen LogP contribution in [0.1, 0.15) is 37.7 Å². The number of nitrogens with one attached hydrogen (secondary N) is 1. The molecule has 3 heteroatoms. The summed E-state index contributed by atoms with van der Waals surface area (Å²) in [5, 5.41) is 3.39. The summed E-state index contributed by atoms with van der Waals surface area (Å²) in [6, 6.07) is 8.72.